The average Bonchev–Trinajstić information content (AvgIpc) is 2.92. The number of hydrogen-bond donors (Lipinski definition) is 1. The molecule has 2 atom stereocenters. The van der Waals surface area contributed by atoms with Gasteiger partial charge in [-0.3, -0.25) is 19.5 Å². The molecule has 0 unspecified atom stereocenters. The fraction of sp³-hybridized carbons (Fsp3) is 0.138. The zero-order valence-corrected chi connectivity index (χ0v) is 21.1. The predicted molar refractivity (Wildman–Crippen MR) is 145 cm³/mol. The van der Waals surface area contributed by atoms with E-state index < -0.39 is 16.8 Å². The van der Waals surface area contributed by atoms with Crippen molar-refractivity contribution in [2.24, 2.45) is 0 Å². The smallest absolute Gasteiger partial charge is 0.261 e. The standard InChI is InChI=1S/C29H25Cl2N3O2/c1-20(21-9-4-2-5-10-21)33-28(35)26(24-13-8-18-32-19-24)34(29(36)27(30)31)25-16-14-23(15-17-25)22-11-6-3-7-12-22/h2-20,26-27H,1H3,(H,33,35)/t20-,26+/m0/s1. The lowest BCUT2D eigenvalue weighted by atomic mass is 10.0. The fourth-order valence-electron chi connectivity index (χ4n) is 4.03. The first-order valence-corrected chi connectivity index (χ1v) is 12.3. The van der Waals surface area contributed by atoms with E-state index in [2.05, 4.69) is 10.3 Å². The zero-order valence-electron chi connectivity index (χ0n) is 19.6. The van der Waals surface area contributed by atoms with Crippen molar-refractivity contribution in [3.8, 4) is 11.1 Å². The van der Waals surface area contributed by atoms with E-state index >= 15 is 0 Å². The highest BCUT2D eigenvalue weighted by Gasteiger charge is 2.36. The molecule has 0 saturated heterocycles. The third-order valence-corrected chi connectivity index (χ3v) is 6.22. The summed E-state index contributed by atoms with van der Waals surface area (Å²) in [4.78, 5) is 31.2. The quantitative estimate of drug-likeness (QED) is 0.271. The van der Waals surface area contributed by atoms with E-state index in [0.717, 1.165) is 16.7 Å². The van der Waals surface area contributed by atoms with Gasteiger partial charge in [-0.1, -0.05) is 102 Å². The summed E-state index contributed by atoms with van der Waals surface area (Å²) >= 11 is 12.1. The lowest BCUT2D eigenvalue weighted by Crippen LogP contribution is -2.46. The molecule has 0 bridgehead atoms. The largest absolute Gasteiger partial charge is 0.347 e. The summed E-state index contributed by atoms with van der Waals surface area (Å²) in [6.07, 6.45) is 3.17. The van der Waals surface area contributed by atoms with E-state index in [0.29, 0.717) is 11.3 Å². The summed E-state index contributed by atoms with van der Waals surface area (Å²) in [5, 5.41) is 3.03. The summed E-state index contributed by atoms with van der Waals surface area (Å²) in [5.41, 5.74) is 3.97. The minimum Gasteiger partial charge on any atom is -0.347 e. The Hall–Kier alpha value is -3.67. The topological polar surface area (TPSA) is 62.3 Å². The van der Waals surface area contributed by atoms with Crippen LogP contribution in [-0.2, 0) is 9.59 Å². The predicted octanol–water partition coefficient (Wildman–Crippen LogP) is 6.50. The number of nitrogens with one attached hydrogen (secondary N) is 1. The molecule has 3 aromatic carbocycles. The van der Waals surface area contributed by atoms with Gasteiger partial charge in [0.05, 0.1) is 6.04 Å². The molecule has 0 spiro atoms. The molecule has 1 aromatic heterocycles. The number of amides is 2. The highest BCUT2D eigenvalue weighted by molar-refractivity contribution is 6.54. The van der Waals surface area contributed by atoms with E-state index in [1.807, 2.05) is 79.7 Å². The number of anilines is 1. The van der Waals surface area contributed by atoms with Crippen LogP contribution in [0.25, 0.3) is 11.1 Å². The lowest BCUT2D eigenvalue weighted by molar-refractivity contribution is -0.126. The molecule has 0 aliphatic carbocycles. The molecule has 2 amide bonds. The van der Waals surface area contributed by atoms with Gasteiger partial charge in [-0.2, -0.15) is 0 Å². The van der Waals surface area contributed by atoms with Crippen LogP contribution in [-0.4, -0.2) is 21.6 Å². The van der Waals surface area contributed by atoms with Crippen LogP contribution in [0.4, 0.5) is 5.69 Å². The number of halogens is 2. The minimum absolute atomic E-state index is 0.293. The van der Waals surface area contributed by atoms with Gasteiger partial charge >= 0.3 is 0 Å². The number of carbonyl (C=O) groups is 2. The summed E-state index contributed by atoms with van der Waals surface area (Å²) in [7, 11) is 0. The average molecular weight is 518 g/mol. The lowest BCUT2D eigenvalue weighted by Gasteiger charge is -2.32. The second-order valence-electron chi connectivity index (χ2n) is 8.25. The molecule has 5 nitrogen and oxygen atoms in total. The van der Waals surface area contributed by atoms with Crippen molar-refractivity contribution in [3.63, 3.8) is 0 Å². The summed E-state index contributed by atoms with van der Waals surface area (Å²) < 4.78 is 0. The minimum atomic E-state index is -1.36. The zero-order chi connectivity index (χ0) is 25.5. The van der Waals surface area contributed by atoms with Crippen molar-refractivity contribution in [2.75, 3.05) is 4.90 Å². The van der Waals surface area contributed by atoms with Gasteiger partial charge in [-0.25, -0.2) is 0 Å². The van der Waals surface area contributed by atoms with Crippen LogP contribution in [0.2, 0.25) is 0 Å². The molecule has 7 heteroatoms. The first-order chi connectivity index (χ1) is 17.5. The number of benzene rings is 3. The van der Waals surface area contributed by atoms with Crippen molar-refractivity contribution < 1.29 is 9.59 Å². The summed E-state index contributed by atoms with van der Waals surface area (Å²) in [6, 6.07) is 29.0. The number of pyridine rings is 1. The van der Waals surface area contributed by atoms with Crippen LogP contribution in [0.3, 0.4) is 0 Å². The van der Waals surface area contributed by atoms with Gasteiger partial charge in [0, 0.05) is 23.6 Å². The second-order valence-corrected chi connectivity index (χ2v) is 9.35. The van der Waals surface area contributed by atoms with Crippen molar-refractivity contribution in [3.05, 3.63) is 121 Å². The molecule has 0 aliphatic heterocycles. The molecular formula is C29H25Cl2N3O2. The Balaban J connectivity index is 1.74. The number of nitrogens with zero attached hydrogens (tertiary/aromatic N) is 2. The van der Waals surface area contributed by atoms with E-state index in [9.17, 15) is 9.59 Å². The van der Waals surface area contributed by atoms with Gasteiger partial charge in [0.1, 0.15) is 6.04 Å². The number of alkyl halides is 2. The van der Waals surface area contributed by atoms with Crippen molar-refractivity contribution >= 4 is 40.7 Å². The van der Waals surface area contributed by atoms with Crippen molar-refractivity contribution in [2.45, 2.75) is 23.8 Å². The monoisotopic (exact) mass is 517 g/mol. The Morgan fingerprint density at radius 1 is 0.778 bits per heavy atom. The number of rotatable bonds is 8. The third-order valence-electron chi connectivity index (χ3n) is 5.84. The van der Waals surface area contributed by atoms with Crippen LogP contribution in [0.15, 0.2) is 109 Å². The van der Waals surface area contributed by atoms with Crippen molar-refractivity contribution in [1.82, 2.24) is 10.3 Å². The number of hydrogen-bond acceptors (Lipinski definition) is 3. The Morgan fingerprint density at radius 2 is 1.36 bits per heavy atom. The van der Waals surface area contributed by atoms with Gasteiger partial charge < -0.3 is 5.32 Å². The first-order valence-electron chi connectivity index (χ1n) is 11.5. The number of carbonyl (C=O) groups excluding carboxylic acids is 2. The van der Waals surface area contributed by atoms with Crippen LogP contribution in [0.5, 0.6) is 0 Å². The first kappa shape index (κ1) is 25.4. The van der Waals surface area contributed by atoms with Gasteiger partial charge in [0.2, 0.25) is 5.91 Å². The molecule has 0 radical (unpaired) electrons. The molecule has 1 N–H and O–H groups in total. The molecule has 4 rings (SSSR count). The second kappa shape index (κ2) is 11.8. The highest BCUT2D eigenvalue weighted by atomic mass is 35.5. The summed E-state index contributed by atoms with van der Waals surface area (Å²) in [6.45, 7) is 1.89. The van der Waals surface area contributed by atoms with Crippen LogP contribution >= 0.6 is 23.2 Å². The molecular weight excluding hydrogens is 493 g/mol. The van der Waals surface area contributed by atoms with E-state index in [4.69, 9.17) is 23.2 Å². The molecule has 0 aliphatic rings. The molecule has 0 fully saturated rings. The maximum Gasteiger partial charge on any atom is 0.261 e. The maximum absolute atomic E-state index is 13.7. The van der Waals surface area contributed by atoms with Gasteiger partial charge in [0.25, 0.3) is 5.91 Å². The number of aromatic nitrogens is 1. The molecule has 36 heavy (non-hydrogen) atoms. The maximum atomic E-state index is 13.7. The van der Waals surface area contributed by atoms with Crippen molar-refractivity contribution in [1.29, 1.82) is 0 Å². The van der Waals surface area contributed by atoms with E-state index in [-0.39, 0.29) is 11.9 Å². The normalized spacial score (nSPS) is 12.6. The SMILES string of the molecule is C[C@H](NC(=O)[C@@H](c1cccnc1)N(C(=O)C(Cl)Cl)c1ccc(-c2ccccc2)cc1)c1ccccc1. The van der Waals surface area contributed by atoms with E-state index in [1.165, 1.54) is 4.90 Å². The fourth-order valence-corrected chi connectivity index (χ4v) is 4.24. The molecule has 0 saturated carbocycles. The Bertz CT molecular complexity index is 1280. The molecule has 182 valence electrons. The Morgan fingerprint density at radius 3 is 1.94 bits per heavy atom. The Labute approximate surface area is 220 Å². The summed E-state index contributed by atoms with van der Waals surface area (Å²) in [5.74, 6) is -0.990. The molecule has 1 heterocycles. The van der Waals surface area contributed by atoms with Crippen LogP contribution in [0, 0.1) is 0 Å². The van der Waals surface area contributed by atoms with Gasteiger partial charge in [-0.15, -0.1) is 0 Å². The highest BCUT2D eigenvalue weighted by Crippen LogP contribution is 2.32. The van der Waals surface area contributed by atoms with E-state index in [1.54, 1.807) is 36.7 Å². The van der Waals surface area contributed by atoms with Crippen LogP contribution in [0.1, 0.15) is 30.1 Å². The van der Waals surface area contributed by atoms with Crippen LogP contribution < -0.4 is 10.2 Å². The Kier molecular flexibility index (Phi) is 8.36. The van der Waals surface area contributed by atoms with Gasteiger partial charge in [-0.05, 0) is 41.8 Å². The third kappa shape index (κ3) is 5.93. The van der Waals surface area contributed by atoms with Gasteiger partial charge in [0.15, 0.2) is 4.84 Å². The molecule has 4 aromatic rings.